The van der Waals surface area contributed by atoms with Crippen molar-refractivity contribution < 1.29 is 14.3 Å². The number of nitriles is 1. The van der Waals surface area contributed by atoms with E-state index < -0.39 is 0 Å². The second-order valence-electron chi connectivity index (χ2n) is 6.14. The van der Waals surface area contributed by atoms with E-state index >= 15 is 0 Å². The van der Waals surface area contributed by atoms with E-state index in [9.17, 15) is 9.59 Å². The lowest BCUT2D eigenvalue weighted by atomic mass is 10.1. The molecule has 138 valence electrons. The molecule has 1 fully saturated rings. The standard InChI is InChI=1S/C20H20N4O3/c1-27-19(25)16-3-2-4-18(13-16)23-9-11-24(12-10-23)20(26)22-17-7-5-15(14-21)6-8-17/h2-8,13H,9-12H2,1H3,(H,22,26). The van der Waals surface area contributed by atoms with Gasteiger partial charge in [-0.3, -0.25) is 0 Å². The minimum Gasteiger partial charge on any atom is -0.465 e. The number of urea groups is 1. The van der Waals surface area contributed by atoms with Gasteiger partial charge in [0.2, 0.25) is 0 Å². The predicted molar refractivity (Wildman–Crippen MR) is 102 cm³/mol. The molecule has 2 aromatic carbocycles. The molecule has 1 N–H and O–H groups in total. The monoisotopic (exact) mass is 364 g/mol. The van der Waals surface area contributed by atoms with Gasteiger partial charge in [0, 0.05) is 37.6 Å². The summed E-state index contributed by atoms with van der Waals surface area (Å²) >= 11 is 0. The molecule has 0 saturated carbocycles. The van der Waals surface area contributed by atoms with Gasteiger partial charge in [-0.1, -0.05) is 6.07 Å². The molecule has 2 amide bonds. The van der Waals surface area contributed by atoms with Crippen molar-refractivity contribution in [3.8, 4) is 6.07 Å². The Morgan fingerprint density at radius 2 is 1.78 bits per heavy atom. The van der Waals surface area contributed by atoms with Crippen LogP contribution in [0.5, 0.6) is 0 Å². The van der Waals surface area contributed by atoms with Crippen molar-refractivity contribution in [3.63, 3.8) is 0 Å². The number of benzene rings is 2. The number of piperazine rings is 1. The summed E-state index contributed by atoms with van der Waals surface area (Å²) in [5, 5.41) is 11.7. The summed E-state index contributed by atoms with van der Waals surface area (Å²) in [6, 6.07) is 15.9. The number of methoxy groups -OCH3 is 1. The maximum atomic E-state index is 12.4. The fourth-order valence-electron chi connectivity index (χ4n) is 2.95. The SMILES string of the molecule is COC(=O)c1cccc(N2CCN(C(=O)Nc3ccc(C#N)cc3)CC2)c1. The molecule has 1 aliphatic heterocycles. The first-order chi connectivity index (χ1) is 13.1. The average Bonchev–Trinajstić information content (AvgIpc) is 2.74. The fraction of sp³-hybridized carbons (Fsp3) is 0.250. The Morgan fingerprint density at radius 1 is 1.07 bits per heavy atom. The molecule has 1 heterocycles. The largest absolute Gasteiger partial charge is 0.465 e. The highest BCUT2D eigenvalue weighted by Gasteiger charge is 2.22. The van der Waals surface area contributed by atoms with E-state index in [0.717, 1.165) is 5.69 Å². The van der Waals surface area contributed by atoms with Gasteiger partial charge < -0.3 is 19.9 Å². The molecule has 1 saturated heterocycles. The van der Waals surface area contributed by atoms with Crippen molar-refractivity contribution in [3.05, 3.63) is 59.7 Å². The van der Waals surface area contributed by atoms with Crippen LogP contribution in [-0.2, 0) is 4.74 Å². The number of ether oxygens (including phenoxy) is 1. The van der Waals surface area contributed by atoms with E-state index in [-0.39, 0.29) is 12.0 Å². The Balaban J connectivity index is 1.57. The zero-order chi connectivity index (χ0) is 19.2. The summed E-state index contributed by atoms with van der Waals surface area (Å²) in [5.74, 6) is -0.364. The average molecular weight is 364 g/mol. The topological polar surface area (TPSA) is 85.7 Å². The maximum absolute atomic E-state index is 12.4. The molecule has 1 aliphatic rings. The molecule has 0 radical (unpaired) electrons. The van der Waals surface area contributed by atoms with Gasteiger partial charge in [-0.2, -0.15) is 5.26 Å². The van der Waals surface area contributed by atoms with Gasteiger partial charge in [-0.05, 0) is 42.5 Å². The normalized spacial score (nSPS) is 13.6. The number of rotatable bonds is 3. The molecule has 0 unspecified atom stereocenters. The smallest absolute Gasteiger partial charge is 0.337 e. The minimum atomic E-state index is -0.364. The van der Waals surface area contributed by atoms with Crippen LogP contribution in [0.3, 0.4) is 0 Å². The molecule has 0 aromatic heterocycles. The van der Waals surface area contributed by atoms with Crippen LogP contribution < -0.4 is 10.2 Å². The Hall–Kier alpha value is -3.53. The Kier molecular flexibility index (Phi) is 5.57. The quantitative estimate of drug-likeness (QED) is 0.847. The minimum absolute atomic E-state index is 0.164. The highest BCUT2D eigenvalue weighted by molar-refractivity contribution is 5.91. The van der Waals surface area contributed by atoms with Gasteiger partial charge in [0.05, 0.1) is 24.3 Å². The zero-order valence-corrected chi connectivity index (χ0v) is 15.0. The maximum Gasteiger partial charge on any atom is 0.337 e. The lowest BCUT2D eigenvalue weighted by Crippen LogP contribution is -2.50. The van der Waals surface area contributed by atoms with E-state index in [1.165, 1.54) is 7.11 Å². The lowest BCUT2D eigenvalue weighted by Gasteiger charge is -2.36. The van der Waals surface area contributed by atoms with Crippen LogP contribution in [0.25, 0.3) is 0 Å². The van der Waals surface area contributed by atoms with Crippen molar-refractivity contribution >= 4 is 23.4 Å². The third-order valence-corrected chi connectivity index (χ3v) is 4.46. The van der Waals surface area contributed by atoms with Crippen molar-refractivity contribution in [1.29, 1.82) is 5.26 Å². The molecule has 2 aromatic rings. The first-order valence-electron chi connectivity index (χ1n) is 8.60. The van der Waals surface area contributed by atoms with E-state index in [2.05, 4.69) is 10.2 Å². The van der Waals surface area contributed by atoms with Gasteiger partial charge in [0.15, 0.2) is 0 Å². The summed E-state index contributed by atoms with van der Waals surface area (Å²) in [6.45, 7) is 2.49. The van der Waals surface area contributed by atoms with Crippen LogP contribution in [-0.4, -0.2) is 50.2 Å². The molecule has 7 heteroatoms. The number of anilines is 2. The first-order valence-corrected chi connectivity index (χ1v) is 8.60. The lowest BCUT2D eigenvalue weighted by molar-refractivity contribution is 0.0600. The van der Waals surface area contributed by atoms with Crippen LogP contribution in [0.4, 0.5) is 16.2 Å². The van der Waals surface area contributed by atoms with Crippen LogP contribution in [0.15, 0.2) is 48.5 Å². The molecular weight excluding hydrogens is 344 g/mol. The molecule has 0 atom stereocenters. The molecule has 7 nitrogen and oxygen atoms in total. The zero-order valence-electron chi connectivity index (χ0n) is 15.0. The summed E-state index contributed by atoms with van der Waals surface area (Å²) in [6.07, 6.45) is 0. The van der Waals surface area contributed by atoms with Gasteiger partial charge in [-0.15, -0.1) is 0 Å². The van der Waals surface area contributed by atoms with Crippen LogP contribution in [0.1, 0.15) is 15.9 Å². The molecule has 27 heavy (non-hydrogen) atoms. The van der Waals surface area contributed by atoms with Crippen molar-refractivity contribution in [2.24, 2.45) is 0 Å². The van der Waals surface area contributed by atoms with Gasteiger partial charge in [0.1, 0.15) is 0 Å². The number of hydrogen-bond acceptors (Lipinski definition) is 5. The predicted octanol–water partition coefficient (Wildman–Crippen LogP) is 2.70. The van der Waals surface area contributed by atoms with E-state index in [4.69, 9.17) is 10.00 Å². The Bertz CT molecular complexity index is 866. The van der Waals surface area contributed by atoms with Crippen molar-refractivity contribution in [1.82, 2.24) is 4.90 Å². The van der Waals surface area contributed by atoms with Crippen molar-refractivity contribution in [2.75, 3.05) is 43.5 Å². The number of amides is 2. The molecule has 3 rings (SSSR count). The van der Waals surface area contributed by atoms with E-state index in [0.29, 0.717) is 43.0 Å². The second-order valence-corrected chi connectivity index (χ2v) is 6.14. The summed E-state index contributed by atoms with van der Waals surface area (Å²) in [4.78, 5) is 28.0. The van der Waals surface area contributed by atoms with E-state index in [1.54, 1.807) is 41.3 Å². The van der Waals surface area contributed by atoms with Crippen LogP contribution >= 0.6 is 0 Å². The van der Waals surface area contributed by atoms with Gasteiger partial charge in [0.25, 0.3) is 0 Å². The third kappa shape index (κ3) is 4.36. The Labute approximate surface area is 157 Å². The Morgan fingerprint density at radius 3 is 2.41 bits per heavy atom. The number of hydrogen-bond donors (Lipinski definition) is 1. The van der Waals surface area contributed by atoms with E-state index in [1.807, 2.05) is 18.2 Å². The summed E-state index contributed by atoms with van der Waals surface area (Å²) < 4.78 is 4.76. The first kappa shape index (κ1) is 18.3. The van der Waals surface area contributed by atoms with Gasteiger partial charge in [-0.25, -0.2) is 9.59 Å². The number of carbonyl (C=O) groups excluding carboxylic acids is 2. The van der Waals surface area contributed by atoms with Crippen molar-refractivity contribution in [2.45, 2.75) is 0 Å². The molecule has 0 spiro atoms. The summed E-state index contributed by atoms with van der Waals surface area (Å²) in [5.41, 5.74) is 2.66. The molecule has 0 bridgehead atoms. The number of carbonyl (C=O) groups is 2. The summed E-state index contributed by atoms with van der Waals surface area (Å²) in [7, 11) is 1.36. The highest BCUT2D eigenvalue weighted by atomic mass is 16.5. The molecular formula is C20H20N4O3. The highest BCUT2D eigenvalue weighted by Crippen LogP contribution is 2.19. The third-order valence-electron chi connectivity index (χ3n) is 4.46. The van der Waals surface area contributed by atoms with Crippen LogP contribution in [0, 0.1) is 11.3 Å². The molecule has 0 aliphatic carbocycles. The van der Waals surface area contributed by atoms with Crippen LogP contribution in [0.2, 0.25) is 0 Å². The number of nitrogens with one attached hydrogen (secondary N) is 1. The second kappa shape index (κ2) is 8.23. The van der Waals surface area contributed by atoms with Gasteiger partial charge >= 0.3 is 12.0 Å². The fourth-order valence-corrected chi connectivity index (χ4v) is 2.95. The number of nitrogens with zero attached hydrogens (tertiary/aromatic N) is 3. The number of esters is 1.